The van der Waals surface area contributed by atoms with Gasteiger partial charge >= 0.3 is 6.18 Å². The molecule has 20 heavy (non-hydrogen) atoms. The number of hydrogen-bond acceptors (Lipinski definition) is 1. The monoisotopic (exact) mass is 289 g/mol. The summed E-state index contributed by atoms with van der Waals surface area (Å²) in [5, 5.41) is 3.21. The second-order valence-electron chi connectivity index (χ2n) is 5.56. The summed E-state index contributed by atoms with van der Waals surface area (Å²) in [7, 11) is 0. The van der Waals surface area contributed by atoms with Crippen LogP contribution in [0.3, 0.4) is 0 Å². The van der Waals surface area contributed by atoms with Crippen molar-refractivity contribution in [2.45, 2.75) is 51.4 Å². The van der Waals surface area contributed by atoms with E-state index < -0.39 is 17.6 Å². The van der Waals surface area contributed by atoms with Gasteiger partial charge in [0.2, 0.25) is 0 Å². The Hall–Kier alpha value is -1.10. The van der Waals surface area contributed by atoms with Crippen molar-refractivity contribution in [3.05, 3.63) is 35.1 Å². The first-order valence-electron chi connectivity index (χ1n) is 6.96. The van der Waals surface area contributed by atoms with Crippen LogP contribution in [0, 0.1) is 11.7 Å². The normalized spacial score (nSPS) is 18.4. The highest BCUT2D eigenvalue weighted by Crippen LogP contribution is 2.31. The maximum atomic E-state index is 13.3. The van der Waals surface area contributed by atoms with E-state index in [1.54, 1.807) is 0 Å². The second kappa shape index (κ2) is 6.12. The molecule has 1 saturated carbocycles. The lowest BCUT2D eigenvalue weighted by atomic mass is 9.99. The Bertz CT molecular complexity index is 450. The summed E-state index contributed by atoms with van der Waals surface area (Å²) in [5.74, 6) is -0.268. The molecule has 0 amide bonds. The van der Waals surface area contributed by atoms with E-state index in [9.17, 15) is 17.6 Å². The van der Waals surface area contributed by atoms with Crippen molar-refractivity contribution in [2.24, 2.45) is 5.92 Å². The molecular weight excluding hydrogens is 270 g/mol. The predicted octanol–water partition coefficient (Wildman–Crippen LogP) is 4.51. The van der Waals surface area contributed by atoms with Crippen molar-refractivity contribution in [3.63, 3.8) is 0 Å². The topological polar surface area (TPSA) is 12.0 Å². The van der Waals surface area contributed by atoms with Crippen LogP contribution in [-0.2, 0) is 12.7 Å². The summed E-state index contributed by atoms with van der Waals surface area (Å²) < 4.78 is 51.1. The minimum Gasteiger partial charge on any atom is -0.310 e. The lowest BCUT2D eigenvalue weighted by Gasteiger charge is -2.20. The Morgan fingerprint density at radius 3 is 2.45 bits per heavy atom. The van der Waals surface area contributed by atoms with Crippen LogP contribution in [0.4, 0.5) is 17.6 Å². The maximum absolute atomic E-state index is 13.3. The number of nitrogens with one attached hydrogen (secondary N) is 1. The lowest BCUT2D eigenvalue weighted by Crippen LogP contribution is -2.31. The quantitative estimate of drug-likeness (QED) is 0.804. The third kappa shape index (κ3) is 3.95. The Labute approximate surface area is 116 Å². The molecule has 112 valence electrons. The fraction of sp³-hybridized carbons (Fsp3) is 0.600. The van der Waals surface area contributed by atoms with Crippen LogP contribution in [-0.4, -0.2) is 6.04 Å². The largest absolute Gasteiger partial charge is 0.416 e. The zero-order valence-electron chi connectivity index (χ0n) is 11.4. The van der Waals surface area contributed by atoms with Crippen LogP contribution in [0.2, 0.25) is 0 Å². The summed E-state index contributed by atoms with van der Waals surface area (Å²) in [4.78, 5) is 0. The Kier molecular flexibility index (Phi) is 4.68. The van der Waals surface area contributed by atoms with Gasteiger partial charge in [-0.05, 0) is 49.4 Å². The van der Waals surface area contributed by atoms with Crippen molar-refractivity contribution in [3.8, 4) is 0 Å². The van der Waals surface area contributed by atoms with E-state index in [0.717, 1.165) is 25.0 Å². The molecule has 1 nitrogen and oxygen atoms in total. The molecule has 0 heterocycles. The molecule has 1 aliphatic carbocycles. The van der Waals surface area contributed by atoms with E-state index in [0.29, 0.717) is 17.5 Å². The molecule has 1 fully saturated rings. The van der Waals surface area contributed by atoms with E-state index in [4.69, 9.17) is 0 Å². The highest BCUT2D eigenvalue weighted by Gasteiger charge is 2.31. The summed E-state index contributed by atoms with van der Waals surface area (Å²) >= 11 is 0. The predicted molar refractivity (Wildman–Crippen MR) is 69.7 cm³/mol. The van der Waals surface area contributed by atoms with Crippen LogP contribution < -0.4 is 5.32 Å². The third-order valence-corrected chi connectivity index (χ3v) is 4.02. The molecule has 1 unspecified atom stereocenters. The van der Waals surface area contributed by atoms with E-state index in [-0.39, 0.29) is 12.6 Å². The zero-order valence-corrected chi connectivity index (χ0v) is 11.4. The Balaban J connectivity index is 2.00. The molecule has 0 saturated heterocycles. The molecule has 2 rings (SSSR count). The molecule has 1 atom stereocenters. The van der Waals surface area contributed by atoms with Crippen LogP contribution in [0.15, 0.2) is 18.2 Å². The average molecular weight is 289 g/mol. The molecule has 1 aliphatic rings. The summed E-state index contributed by atoms with van der Waals surface area (Å²) in [6.07, 6.45) is 0.244. The molecule has 0 spiro atoms. The van der Waals surface area contributed by atoms with E-state index >= 15 is 0 Å². The molecule has 0 radical (unpaired) electrons. The average Bonchev–Trinajstić information content (AvgIpc) is 2.88. The first-order valence-corrected chi connectivity index (χ1v) is 6.96. The van der Waals surface area contributed by atoms with Crippen LogP contribution >= 0.6 is 0 Å². The van der Waals surface area contributed by atoms with Gasteiger partial charge in [-0.25, -0.2) is 4.39 Å². The summed E-state index contributed by atoms with van der Waals surface area (Å²) in [5.41, 5.74) is -0.593. The number of rotatable bonds is 4. The molecular formula is C15H19F4N. The number of halogens is 4. The van der Waals surface area contributed by atoms with E-state index in [2.05, 4.69) is 5.32 Å². The molecule has 1 aromatic rings. The fourth-order valence-electron chi connectivity index (χ4n) is 2.82. The number of hydrogen-bond donors (Lipinski definition) is 1. The Morgan fingerprint density at radius 1 is 1.20 bits per heavy atom. The summed E-state index contributed by atoms with van der Waals surface area (Å²) in [6.45, 7) is 2.30. The highest BCUT2D eigenvalue weighted by atomic mass is 19.4. The molecule has 0 aliphatic heterocycles. The maximum Gasteiger partial charge on any atom is 0.416 e. The van der Waals surface area contributed by atoms with Gasteiger partial charge in [0.15, 0.2) is 0 Å². The SMILES string of the molecule is CC(NCc1cc(F)cc(C(F)(F)F)c1)C1CCCC1. The van der Waals surface area contributed by atoms with Crippen molar-refractivity contribution in [1.29, 1.82) is 0 Å². The second-order valence-corrected chi connectivity index (χ2v) is 5.56. The van der Waals surface area contributed by atoms with Gasteiger partial charge in [-0.2, -0.15) is 13.2 Å². The standard InChI is InChI=1S/C15H19F4N/c1-10(12-4-2-3-5-12)20-9-11-6-13(15(17,18)19)8-14(16)7-11/h6-8,10,12,20H,2-5,9H2,1H3. The minimum atomic E-state index is -4.51. The van der Waals surface area contributed by atoms with Crippen molar-refractivity contribution >= 4 is 0 Å². The number of alkyl halides is 3. The van der Waals surface area contributed by atoms with Gasteiger partial charge in [0.05, 0.1) is 5.56 Å². The lowest BCUT2D eigenvalue weighted by molar-refractivity contribution is -0.137. The minimum absolute atomic E-state index is 0.245. The van der Waals surface area contributed by atoms with Gasteiger partial charge in [-0.15, -0.1) is 0 Å². The third-order valence-electron chi connectivity index (χ3n) is 4.02. The van der Waals surface area contributed by atoms with E-state index in [1.807, 2.05) is 6.92 Å². The molecule has 1 aromatic carbocycles. The number of benzene rings is 1. The zero-order chi connectivity index (χ0) is 14.8. The smallest absolute Gasteiger partial charge is 0.310 e. The molecule has 0 aromatic heterocycles. The van der Waals surface area contributed by atoms with Gasteiger partial charge in [-0.1, -0.05) is 12.8 Å². The van der Waals surface area contributed by atoms with Crippen molar-refractivity contribution in [1.82, 2.24) is 5.32 Å². The fourth-order valence-corrected chi connectivity index (χ4v) is 2.82. The van der Waals surface area contributed by atoms with Gasteiger partial charge < -0.3 is 5.32 Å². The van der Waals surface area contributed by atoms with Crippen LogP contribution in [0.25, 0.3) is 0 Å². The van der Waals surface area contributed by atoms with E-state index in [1.165, 1.54) is 12.8 Å². The van der Waals surface area contributed by atoms with Gasteiger partial charge in [0.1, 0.15) is 5.82 Å². The Morgan fingerprint density at radius 2 is 1.85 bits per heavy atom. The van der Waals surface area contributed by atoms with Gasteiger partial charge in [0.25, 0.3) is 0 Å². The first kappa shape index (κ1) is 15.3. The first-order chi connectivity index (χ1) is 9.36. The molecule has 5 heteroatoms. The van der Waals surface area contributed by atoms with Gasteiger partial charge in [0, 0.05) is 12.6 Å². The van der Waals surface area contributed by atoms with Crippen molar-refractivity contribution < 1.29 is 17.6 Å². The highest BCUT2D eigenvalue weighted by molar-refractivity contribution is 5.26. The summed E-state index contributed by atoms with van der Waals surface area (Å²) in [6, 6.07) is 2.94. The van der Waals surface area contributed by atoms with Crippen LogP contribution in [0.1, 0.15) is 43.7 Å². The molecule has 0 bridgehead atoms. The van der Waals surface area contributed by atoms with Crippen molar-refractivity contribution in [2.75, 3.05) is 0 Å². The van der Waals surface area contributed by atoms with Gasteiger partial charge in [-0.3, -0.25) is 0 Å². The van der Waals surface area contributed by atoms with Crippen LogP contribution in [0.5, 0.6) is 0 Å². The molecule has 1 N–H and O–H groups in total.